The predicted molar refractivity (Wildman–Crippen MR) is 150 cm³/mol. The van der Waals surface area contributed by atoms with Gasteiger partial charge in [-0.2, -0.15) is 0 Å². The average Bonchev–Trinajstić information content (AvgIpc) is 3.63. The van der Waals surface area contributed by atoms with Crippen molar-refractivity contribution in [2.45, 2.75) is 19.9 Å². The van der Waals surface area contributed by atoms with Crippen molar-refractivity contribution in [2.75, 3.05) is 4.90 Å². The molecule has 1 N–H and O–H groups in total. The summed E-state index contributed by atoms with van der Waals surface area (Å²) in [6.07, 6.45) is 0. The Morgan fingerprint density at radius 2 is 1.65 bits per heavy atom. The van der Waals surface area contributed by atoms with Gasteiger partial charge in [0, 0.05) is 12.3 Å². The van der Waals surface area contributed by atoms with Gasteiger partial charge in [-0.25, -0.2) is 4.98 Å². The fraction of sp³-hybridized carbons (Fsp3) is 0.0968. The molecule has 0 fully saturated rings. The molecule has 8 nitrogen and oxygen atoms in total. The van der Waals surface area contributed by atoms with Crippen LogP contribution in [0.15, 0.2) is 101 Å². The first-order valence-corrected chi connectivity index (χ1v) is 13.2. The lowest BCUT2D eigenvalue weighted by Gasteiger charge is -2.24. The number of amides is 1. The predicted octanol–water partition coefficient (Wildman–Crippen LogP) is 6.98. The summed E-state index contributed by atoms with van der Waals surface area (Å²) in [5, 5.41) is 12.0. The fourth-order valence-corrected chi connectivity index (χ4v) is 5.72. The lowest BCUT2D eigenvalue weighted by molar-refractivity contribution is -0.117. The van der Waals surface area contributed by atoms with Crippen molar-refractivity contribution < 1.29 is 28.6 Å². The highest BCUT2D eigenvalue weighted by atomic mass is 32.1. The Balaban J connectivity index is 1.44. The number of thiazole rings is 1. The van der Waals surface area contributed by atoms with E-state index in [1.165, 1.54) is 11.8 Å². The van der Waals surface area contributed by atoms with Gasteiger partial charge in [-0.05, 0) is 48.9 Å². The van der Waals surface area contributed by atoms with Gasteiger partial charge in [0.2, 0.25) is 5.78 Å². The molecule has 0 spiro atoms. The standard InChI is InChI=1S/C31H22N2O6S/c1-17-29(18(2)34)40-31(32-17)33-26(19-12-14-22(15-13-19)38-21-9-4-3-5-10-21)25(28(36)30(33)37)27(35)24-16-20-8-6-7-11-23(20)39-24/h3-16,26,36H,1-2H3. The first-order valence-electron chi connectivity index (χ1n) is 12.4. The Morgan fingerprint density at radius 1 is 0.975 bits per heavy atom. The number of fused-ring (bicyclic) bond motifs is 1. The number of anilines is 1. The Morgan fingerprint density at radius 3 is 2.33 bits per heavy atom. The Labute approximate surface area is 232 Å². The first kappa shape index (κ1) is 25.3. The number of hydrogen-bond acceptors (Lipinski definition) is 8. The maximum absolute atomic E-state index is 13.8. The van der Waals surface area contributed by atoms with Gasteiger partial charge in [-0.1, -0.05) is 59.9 Å². The molecular formula is C31H22N2O6S. The molecule has 198 valence electrons. The minimum atomic E-state index is -1.02. The Kier molecular flexibility index (Phi) is 6.28. The SMILES string of the molecule is CC(=O)c1sc(N2C(=O)C(O)=C(C(=O)c3cc4ccccc4o3)C2c2ccc(Oc3ccccc3)cc2)nc1C. The molecule has 1 aliphatic heterocycles. The van der Waals surface area contributed by atoms with E-state index in [-0.39, 0.29) is 22.2 Å². The molecule has 0 radical (unpaired) electrons. The highest BCUT2D eigenvalue weighted by molar-refractivity contribution is 7.17. The van der Waals surface area contributed by atoms with Gasteiger partial charge in [0.1, 0.15) is 17.1 Å². The zero-order chi connectivity index (χ0) is 28.0. The average molecular weight is 551 g/mol. The van der Waals surface area contributed by atoms with E-state index in [1.807, 2.05) is 36.4 Å². The Hall–Kier alpha value is -5.02. The molecule has 2 aromatic heterocycles. The minimum Gasteiger partial charge on any atom is -0.503 e. The minimum absolute atomic E-state index is 0.00817. The molecule has 3 aromatic carbocycles. The number of aliphatic hydroxyl groups is 1. The normalized spacial score (nSPS) is 15.2. The van der Waals surface area contributed by atoms with Gasteiger partial charge in [0.15, 0.2) is 22.4 Å². The second-order valence-corrected chi connectivity index (χ2v) is 10.2. The van der Waals surface area contributed by atoms with E-state index in [1.54, 1.807) is 55.5 Å². The number of benzene rings is 3. The summed E-state index contributed by atoms with van der Waals surface area (Å²) in [4.78, 5) is 45.6. The van der Waals surface area contributed by atoms with Crippen molar-refractivity contribution in [1.29, 1.82) is 0 Å². The number of para-hydroxylation sites is 2. The van der Waals surface area contributed by atoms with Crippen LogP contribution in [-0.2, 0) is 4.79 Å². The van der Waals surface area contributed by atoms with E-state index in [0.29, 0.717) is 38.6 Å². The van der Waals surface area contributed by atoms with Gasteiger partial charge in [-0.15, -0.1) is 0 Å². The summed E-state index contributed by atoms with van der Waals surface area (Å²) < 4.78 is 11.7. The molecule has 0 saturated heterocycles. The number of aromatic nitrogens is 1. The number of aryl methyl sites for hydroxylation is 1. The van der Waals surface area contributed by atoms with E-state index in [2.05, 4.69) is 4.98 Å². The van der Waals surface area contributed by atoms with Gasteiger partial charge in [0.25, 0.3) is 5.91 Å². The molecule has 6 rings (SSSR count). The number of hydrogen-bond donors (Lipinski definition) is 1. The van der Waals surface area contributed by atoms with Crippen LogP contribution in [-0.4, -0.2) is 27.6 Å². The van der Waals surface area contributed by atoms with E-state index >= 15 is 0 Å². The van der Waals surface area contributed by atoms with Gasteiger partial charge >= 0.3 is 0 Å². The second-order valence-electron chi connectivity index (χ2n) is 9.27. The van der Waals surface area contributed by atoms with Crippen molar-refractivity contribution in [3.8, 4) is 11.5 Å². The monoisotopic (exact) mass is 550 g/mol. The van der Waals surface area contributed by atoms with E-state index in [4.69, 9.17) is 9.15 Å². The number of carbonyl (C=O) groups excluding carboxylic acids is 3. The summed E-state index contributed by atoms with van der Waals surface area (Å²) in [7, 11) is 0. The fourth-order valence-electron chi connectivity index (χ4n) is 4.73. The molecule has 40 heavy (non-hydrogen) atoms. The van der Waals surface area contributed by atoms with Crippen LogP contribution >= 0.6 is 11.3 Å². The third-order valence-corrected chi connectivity index (χ3v) is 7.85. The highest BCUT2D eigenvalue weighted by Crippen LogP contribution is 2.44. The molecule has 1 unspecified atom stereocenters. The molecule has 9 heteroatoms. The third-order valence-electron chi connectivity index (χ3n) is 6.59. The molecule has 1 aliphatic rings. The maximum atomic E-state index is 13.8. The largest absolute Gasteiger partial charge is 0.503 e. The number of ketones is 2. The lowest BCUT2D eigenvalue weighted by Crippen LogP contribution is -2.31. The van der Waals surface area contributed by atoms with E-state index in [0.717, 1.165) is 11.3 Å². The molecule has 0 bridgehead atoms. The van der Waals surface area contributed by atoms with E-state index in [9.17, 15) is 19.5 Å². The van der Waals surface area contributed by atoms with E-state index < -0.39 is 23.5 Å². The van der Waals surface area contributed by atoms with Crippen LogP contribution in [0.4, 0.5) is 5.13 Å². The van der Waals surface area contributed by atoms with Crippen molar-refractivity contribution in [3.05, 3.63) is 118 Å². The molecule has 0 saturated carbocycles. The van der Waals surface area contributed by atoms with Crippen LogP contribution < -0.4 is 9.64 Å². The van der Waals surface area contributed by atoms with Gasteiger partial charge < -0.3 is 14.3 Å². The van der Waals surface area contributed by atoms with Crippen LogP contribution in [0, 0.1) is 6.92 Å². The molecule has 0 aliphatic carbocycles. The summed E-state index contributed by atoms with van der Waals surface area (Å²) in [5.41, 5.74) is 1.36. The number of ether oxygens (including phenoxy) is 1. The number of nitrogens with zero attached hydrogens (tertiary/aromatic N) is 2. The number of aliphatic hydroxyl groups excluding tert-OH is 1. The Bertz CT molecular complexity index is 1780. The molecule has 3 heterocycles. The summed E-state index contributed by atoms with van der Waals surface area (Å²) >= 11 is 1.03. The van der Waals surface area contributed by atoms with Crippen molar-refractivity contribution >= 4 is 44.9 Å². The van der Waals surface area contributed by atoms with Crippen LogP contribution in [0.5, 0.6) is 11.5 Å². The van der Waals surface area contributed by atoms with Crippen molar-refractivity contribution in [2.24, 2.45) is 0 Å². The molecule has 1 atom stereocenters. The quantitative estimate of drug-likeness (QED) is 0.218. The molecular weight excluding hydrogens is 528 g/mol. The number of rotatable bonds is 7. The molecule has 1 amide bonds. The van der Waals surface area contributed by atoms with Gasteiger partial charge in [-0.3, -0.25) is 19.3 Å². The number of Topliss-reactive ketones (excluding diaryl/α,β-unsaturated/α-hetero) is 2. The maximum Gasteiger partial charge on any atom is 0.296 e. The summed E-state index contributed by atoms with van der Waals surface area (Å²) in [6.45, 7) is 3.10. The van der Waals surface area contributed by atoms with Crippen LogP contribution in [0.3, 0.4) is 0 Å². The van der Waals surface area contributed by atoms with Crippen molar-refractivity contribution in [1.82, 2.24) is 4.98 Å². The highest BCUT2D eigenvalue weighted by Gasteiger charge is 2.46. The van der Waals surface area contributed by atoms with Gasteiger partial charge in [0.05, 0.1) is 22.2 Å². The first-order chi connectivity index (χ1) is 19.3. The zero-order valence-corrected chi connectivity index (χ0v) is 22.3. The number of furan rings is 1. The molecule has 5 aromatic rings. The second kappa shape index (κ2) is 9.94. The zero-order valence-electron chi connectivity index (χ0n) is 21.5. The summed E-state index contributed by atoms with van der Waals surface area (Å²) in [5.74, 6) is -1.11. The van der Waals surface area contributed by atoms with Crippen LogP contribution in [0.25, 0.3) is 11.0 Å². The van der Waals surface area contributed by atoms with Crippen molar-refractivity contribution in [3.63, 3.8) is 0 Å². The van der Waals surface area contributed by atoms with Crippen LogP contribution in [0.1, 0.15) is 44.4 Å². The third kappa shape index (κ3) is 4.36. The number of carbonyl (C=O) groups is 3. The van der Waals surface area contributed by atoms with Crippen LogP contribution in [0.2, 0.25) is 0 Å². The smallest absolute Gasteiger partial charge is 0.296 e. The topological polar surface area (TPSA) is 110 Å². The summed E-state index contributed by atoms with van der Waals surface area (Å²) in [6, 6.07) is 23.9. The lowest BCUT2D eigenvalue weighted by atomic mass is 9.95.